The number of aliphatic hydroxyl groups excluding tert-OH is 1. The third-order valence-electron chi connectivity index (χ3n) is 3.53. The van der Waals surface area contributed by atoms with Crippen molar-refractivity contribution in [1.82, 2.24) is 0 Å². The van der Waals surface area contributed by atoms with Crippen molar-refractivity contribution < 1.29 is 5.11 Å². The predicted molar refractivity (Wildman–Crippen MR) is 80.7 cm³/mol. The van der Waals surface area contributed by atoms with Gasteiger partial charge in [-0.1, -0.05) is 79.2 Å². The molecule has 19 heavy (non-hydrogen) atoms. The van der Waals surface area contributed by atoms with Crippen LogP contribution in [-0.2, 0) is 0 Å². The molecule has 0 fully saturated rings. The summed E-state index contributed by atoms with van der Waals surface area (Å²) < 4.78 is 0. The summed E-state index contributed by atoms with van der Waals surface area (Å²) >= 11 is 0. The Kier molecular flexibility index (Phi) is 4.53. The van der Waals surface area contributed by atoms with E-state index in [9.17, 15) is 5.11 Å². The summed E-state index contributed by atoms with van der Waals surface area (Å²) in [5, 5.41) is 10.4. The second-order valence-corrected chi connectivity index (χ2v) is 4.94. The molecule has 0 aliphatic heterocycles. The summed E-state index contributed by atoms with van der Waals surface area (Å²) in [6.07, 6.45) is 1.68. The summed E-state index contributed by atoms with van der Waals surface area (Å²) in [5.41, 5.74) is 3.32. The van der Waals surface area contributed by atoms with Gasteiger partial charge in [-0.3, -0.25) is 0 Å². The molecule has 2 aromatic carbocycles. The first-order chi connectivity index (χ1) is 9.18. The predicted octanol–water partition coefficient (Wildman–Crippen LogP) is 4.46. The fraction of sp³-hybridized carbons (Fsp3) is 0.222. The smallest absolute Gasteiger partial charge is 0.0852 e. The Morgan fingerprint density at radius 1 is 0.947 bits per heavy atom. The highest BCUT2D eigenvalue weighted by Gasteiger charge is 2.17. The van der Waals surface area contributed by atoms with Gasteiger partial charge in [0.25, 0.3) is 0 Å². The first kappa shape index (κ1) is 13.6. The van der Waals surface area contributed by atoms with Crippen molar-refractivity contribution in [2.75, 3.05) is 0 Å². The molecule has 0 saturated carbocycles. The van der Waals surface area contributed by atoms with Crippen LogP contribution in [0.15, 0.2) is 66.2 Å². The summed E-state index contributed by atoms with van der Waals surface area (Å²) in [7, 11) is 0. The number of hydrogen-bond acceptors (Lipinski definition) is 1. The largest absolute Gasteiger partial charge is 0.388 e. The highest BCUT2D eigenvalue weighted by molar-refractivity contribution is 5.52. The average Bonchev–Trinajstić information content (AvgIpc) is 2.47. The molecule has 2 rings (SSSR count). The fourth-order valence-corrected chi connectivity index (χ4v) is 2.13. The number of aliphatic hydroxyl groups is 1. The van der Waals surface area contributed by atoms with E-state index in [1.54, 1.807) is 0 Å². The Balaban J connectivity index is 2.15. The molecule has 0 bridgehead atoms. The lowest BCUT2D eigenvalue weighted by Crippen LogP contribution is -2.10. The van der Waals surface area contributed by atoms with Crippen molar-refractivity contribution in [3.8, 4) is 0 Å². The zero-order chi connectivity index (χ0) is 13.7. The molecule has 0 amide bonds. The first-order valence-electron chi connectivity index (χ1n) is 6.64. The minimum atomic E-state index is -0.457. The molecule has 0 unspecified atom stereocenters. The van der Waals surface area contributed by atoms with Gasteiger partial charge in [-0.2, -0.15) is 0 Å². The van der Waals surface area contributed by atoms with Crippen molar-refractivity contribution in [2.45, 2.75) is 20.0 Å². The summed E-state index contributed by atoms with van der Waals surface area (Å²) in [5.74, 6) is 0.0996. The van der Waals surface area contributed by atoms with Crippen molar-refractivity contribution in [1.29, 1.82) is 0 Å². The Hall–Kier alpha value is -1.86. The molecule has 98 valence electrons. The fourth-order valence-electron chi connectivity index (χ4n) is 2.13. The van der Waals surface area contributed by atoms with Crippen LogP contribution < -0.4 is 0 Å². The molecule has 0 radical (unpaired) electrons. The molecule has 0 spiro atoms. The maximum atomic E-state index is 10.4. The maximum Gasteiger partial charge on any atom is 0.0852 e. The molecule has 2 atom stereocenters. The van der Waals surface area contributed by atoms with Crippen molar-refractivity contribution in [2.24, 2.45) is 5.92 Å². The molecule has 1 heteroatoms. The molecule has 0 heterocycles. The standard InChI is InChI=1S/C18H20O/c1-14(13-16-9-5-3-6-10-16)15(2)18(19)17-11-7-4-8-12-17/h3-13,15,18-19H,1-2H3/b14-13-/t15-,18-/m1/s1. The molecule has 2 aromatic rings. The Bertz CT molecular complexity index is 528. The monoisotopic (exact) mass is 252 g/mol. The van der Waals surface area contributed by atoms with Gasteiger partial charge >= 0.3 is 0 Å². The second kappa shape index (κ2) is 6.35. The van der Waals surface area contributed by atoms with E-state index < -0.39 is 6.10 Å². The van der Waals surface area contributed by atoms with Gasteiger partial charge in [0.1, 0.15) is 0 Å². The highest BCUT2D eigenvalue weighted by Crippen LogP contribution is 2.28. The van der Waals surface area contributed by atoms with E-state index in [4.69, 9.17) is 0 Å². The third-order valence-corrected chi connectivity index (χ3v) is 3.53. The van der Waals surface area contributed by atoms with Gasteiger partial charge in [0.2, 0.25) is 0 Å². The van der Waals surface area contributed by atoms with Gasteiger partial charge in [0, 0.05) is 5.92 Å². The van der Waals surface area contributed by atoms with Gasteiger partial charge in [-0.05, 0) is 18.1 Å². The van der Waals surface area contributed by atoms with E-state index in [1.165, 1.54) is 11.1 Å². The summed E-state index contributed by atoms with van der Waals surface area (Å²) in [6, 6.07) is 20.0. The highest BCUT2D eigenvalue weighted by atomic mass is 16.3. The Morgan fingerprint density at radius 3 is 2.05 bits per heavy atom. The summed E-state index contributed by atoms with van der Waals surface area (Å²) in [6.45, 7) is 4.14. The van der Waals surface area contributed by atoms with Gasteiger partial charge in [0.15, 0.2) is 0 Å². The quantitative estimate of drug-likeness (QED) is 0.851. The molecule has 1 N–H and O–H groups in total. The van der Waals surface area contributed by atoms with Crippen LogP contribution in [0.25, 0.3) is 6.08 Å². The van der Waals surface area contributed by atoms with Crippen molar-refractivity contribution in [3.63, 3.8) is 0 Å². The third kappa shape index (κ3) is 3.55. The van der Waals surface area contributed by atoms with E-state index >= 15 is 0 Å². The van der Waals surface area contributed by atoms with Crippen LogP contribution in [0.3, 0.4) is 0 Å². The van der Waals surface area contributed by atoms with Crippen LogP contribution in [0.4, 0.5) is 0 Å². The van der Waals surface area contributed by atoms with E-state index in [1.807, 2.05) is 48.5 Å². The molecule has 0 aliphatic rings. The molecule has 0 aromatic heterocycles. The lowest BCUT2D eigenvalue weighted by Gasteiger charge is -2.20. The van der Waals surface area contributed by atoms with E-state index in [0.717, 1.165) is 5.56 Å². The van der Waals surface area contributed by atoms with Gasteiger partial charge in [0.05, 0.1) is 6.10 Å². The summed E-state index contributed by atoms with van der Waals surface area (Å²) in [4.78, 5) is 0. The molecule has 0 aliphatic carbocycles. The lowest BCUT2D eigenvalue weighted by atomic mass is 9.90. The average molecular weight is 252 g/mol. The Labute approximate surface area is 115 Å². The van der Waals surface area contributed by atoms with Gasteiger partial charge in [-0.25, -0.2) is 0 Å². The minimum Gasteiger partial charge on any atom is -0.388 e. The molecule has 0 saturated heterocycles. The molecule has 1 nitrogen and oxygen atoms in total. The van der Waals surface area contributed by atoms with Crippen LogP contribution in [0.2, 0.25) is 0 Å². The van der Waals surface area contributed by atoms with Crippen molar-refractivity contribution in [3.05, 3.63) is 77.4 Å². The van der Waals surface area contributed by atoms with Crippen LogP contribution in [-0.4, -0.2) is 5.11 Å². The first-order valence-corrected chi connectivity index (χ1v) is 6.64. The van der Waals surface area contributed by atoms with Crippen LogP contribution in [0.5, 0.6) is 0 Å². The second-order valence-electron chi connectivity index (χ2n) is 4.94. The number of rotatable bonds is 4. The van der Waals surface area contributed by atoms with E-state index in [-0.39, 0.29) is 5.92 Å². The SMILES string of the molecule is C/C(=C/c1ccccc1)[C@@H](C)[C@@H](O)c1ccccc1. The van der Waals surface area contributed by atoms with Crippen LogP contribution in [0, 0.1) is 5.92 Å². The minimum absolute atomic E-state index is 0.0996. The molecular weight excluding hydrogens is 232 g/mol. The molecular formula is C18H20O. The van der Waals surface area contributed by atoms with Gasteiger partial charge < -0.3 is 5.11 Å². The van der Waals surface area contributed by atoms with Gasteiger partial charge in [-0.15, -0.1) is 0 Å². The van der Waals surface area contributed by atoms with E-state index in [0.29, 0.717) is 0 Å². The zero-order valence-corrected chi connectivity index (χ0v) is 11.5. The normalized spacial score (nSPS) is 15.0. The van der Waals surface area contributed by atoms with Crippen LogP contribution in [0.1, 0.15) is 31.1 Å². The lowest BCUT2D eigenvalue weighted by molar-refractivity contribution is 0.135. The Morgan fingerprint density at radius 2 is 1.47 bits per heavy atom. The number of benzene rings is 2. The maximum absolute atomic E-state index is 10.4. The number of hydrogen-bond donors (Lipinski definition) is 1. The van der Waals surface area contributed by atoms with Crippen molar-refractivity contribution >= 4 is 6.08 Å². The van der Waals surface area contributed by atoms with Crippen LogP contribution >= 0.6 is 0 Å². The zero-order valence-electron chi connectivity index (χ0n) is 11.5. The van der Waals surface area contributed by atoms with E-state index in [2.05, 4.69) is 32.1 Å². The topological polar surface area (TPSA) is 20.2 Å².